The van der Waals surface area contributed by atoms with Gasteiger partial charge in [0, 0.05) is 45.8 Å². The van der Waals surface area contributed by atoms with E-state index in [1.165, 1.54) is 5.56 Å². The maximum atomic E-state index is 12.3. The molecule has 1 fully saturated rings. The second-order valence-electron chi connectivity index (χ2n) is 6.31. The van der Waals surface area contributed by atoms with Gasteiger partial charge in [-0.2, -0.15) is 11.3 Å². The van der Waals surface area contributed by atoms with Gasteiger partial charge in [-0.25, -0.2) is 0 Å². The van der Waals surface area contributed by atoms with Crippen LogP contribution >= 0.6 is 11.3 Å². The molecule has 0 saturated carbocycles. The number of piperazine rings is 1. The zero-order valence-corrected chi connectivity index (χ0v) is 14.6. The Kier molecular flexibility index (Phi) is 6.37. The molecule has 1 aromatic rings. The summed E-state index contributed by atoms with van der Waals surface area (Å²) in [6.45, 7) is 8.53. The highest BCUT2D eigenvalue weighted by atomic mass is 32.1. The number of aliphatic hydroxyl groups is 1. The molecule has 0 aliphatic carbocycles. The van der Waals surface area contributed by atoms with E-state index in [2.05, 4.69) is 28.2 Å². The van der Waals surface area contributed by atoms with Gasteiger partial charge in [0.2, 0.25) is 5.91 Å². The normalized spacial score (nSPS) is 21.7. The van der Waals surface area contributed by atoms with Crippen LogP contribution in [0.4, 0.5) is 0 Å². The largest absolute Gasteiger partial charge is 0.392 e. The molecule has 2 atom stereocenters. The summed E-state index contributed by atoms with van der Waals surface area (Å²) in [6, 6.07) is 2.43. The minimum Gasteiger partial charge on any atom is -0.392 e. The van der Waals surface area contributed by atoms with Crippen LogP contribution < -0.4 is 0 Å². The fourth-order valence-electron chi connectivity index (χ4n) is 2.88. The Morgan fingerprint density at radius 1 is 1.55 bits per heavy atom. The number of amides is 1. The zero-order valence-electron chi connectivity index (χ0n) is 13.7. The van der Waals surface area contributed by atoms with E-state index in [4.69, 9.17) is 0 Å². The predicted molar refractivity (Wildman–Crippen MR) is 89.9 cm³/mol. The molecule has 1 saturated heterocycles. The fourth-order valence-corrected chi connectivity index (χ4v) is 3.54. The van der Waals surface area contributed by atoms with Gasteiger partial charge in [0.25, 0.3) is 0 Å². The summed E-state index contributed by atoms with van der Waals surface area (Å²) < 4.78 is 0. The lowest BCUT2D eigenvalue weighted by molar-refractivity contribution is -0.132. The third-order valence-electron chi connectivity index (χ3n) is 4.13. The van der Waals surface area contributed by atoms with Crippen molar-refractivity contribution in [1.82, 2.24) is 14.7 Å². The summed E-state index contributed by atoms with van der Waals surface area (Å²) in [7, 11) is 1.87. The molecule has 0 radical (unpaired) electrons. The number of carbonyl (C=O) groups is 1. The maximum Gasteiger partial charge on any atom is 0.236 e. The fraction of sp³-hybridized carbons (Fsp3) is 0.688. The van der Waals surface area contributed by atoms with Crippen molar-refractivity contribution in [3.8, 4) is 0 Å². The molecule has 2 heterocycles. The minimum absolute atomic E-state index is 0.169. The molecule has 0 spiro atoms. The van der Waals surface area contributed by atoms with E-state index in [-0.39, 0.29) is 12.0 Å². The quantitative estimate of drug-likeness (QED) is 0.851. The van der Waals surface area contributed by atoms with Gasteiger partial charge >= 0.3 is 0 Å². The van der Waals surface area contributed by atoms with Crippen LogP contribution in [0.1, 0.15) is 19.4 Å². The van der Waals surface area contributed by atoms with Crippen molar-refractivity contribution in [3.63, 3.8) is 0 Å². The molecule has 0 unspecified atom stereocenters. The number of carbonyl (C=O) groups excluding carboxylic acids is 1. The first-order valence-electron chi connectivity index (χ1n) is 7.85. The third-order valence-corrected chi connectivity index (χ3v) is 4.86. The molecule has 22 heavy (non-hydrogen) atoms. The van der Waals surface area contributed by atoms with Crippen LogP contribution in [0.25, 0.3) is 0 Å². The summed E-state index contributed by atoms with van der Waals surface area (Å²) >= 11 is 1.66. The molecule has 0 bridgehead atoms. The van der Waals surface area contributed by atoms with Crippen molar-refractivity contribution >= 4 is 17.2 Å². The number of nitrogens with zero attached hydrogens (tertiary/aromatic N) is 3. The van der Waals surface area contributed by atoms with E-state index < -0.39 is 0 Å². The monoisotopic (exact) mass is 325 g/mol. The number of aliphatic hydroxyl groups excluding tert-OH is 1. The van der Waals surface area contributed by atoms with Crippen molar-refractivity contribution in [1.29, 1.82) is 0 Å². The summed E-state index contributed by atoms with van der Waals surface area (Å²) in [4.78, 5) is 18.6. The van der Waals surface area contributed by atoms with Crippen molar-refractivity contribution in [2.45, 2.75) is 32.5 Å². The second-order valence-corrected chi connectivity index (χ2v) is 7.09. The third kappa shape index (κ3) is 5.05. The van der Waals surface area contributed by atoms with Gasteiger partial charge in [-0.1, -0.05) is 0 Å². The Balaban J connectivity index is 1.78. The SMILES string of the molecule is C[C@@H](O)CN1CCN(CC(=O)N(C)Cc2ccsc2)C[C@@H]1C. The van der Waals surface area contributed by atoms with E-state index in [9.17, 15) is 9.90 Å². The van der Waals surface area contributed by atoms with Gasteiger partial charge in [0.1, 0.15) is 0 Å². The lowest BCUT2D eigenvalue weighted by Crippen LogP contribution is -2.55. The lowest BCUT2D eigenvalue weighted by Gasteiger charge is -2.40. The van der Waals surface area contributed by atoms with Crippen LogP contribution in [-0.2, 0) is 11.3 Å². The first-order valence-corrected chi connectivity index (χ1v) is 8.79. The Morgan fingerprint density at radius 3 is 2.91 bits per heavy atom. The van der Waals surface area contributed by atoms with Gasteiger partial charge in [0.05, 0.1) is 12.6 Å². The van der Waals surface area contributed by atoms with Gasteiger partial charge in [-0.05, 0) is 36.2 Å². The number of β-amino-alcohol motifs (C(OH)–C–C–N with tert-alkyl or cyclic N) is 1. The van der Waals surface area contributed by atoms with Crippen molar-refractivity contribution in [3.05, 3.63) is 22.4 Å². The highest BCUT2D eigenvalue weighted by molar-refractivity contribution is 7.07. The molecule has 124 valence electrons. The maximum absolute atomic E-state index is 12.3. The standard InChI is InChI=1S/C16H27N3O2S/c1-13-8-18(5-6-19(13)9-14(2)20)11-16(21)17(3)10-15-4-7-22-12-15/h4,7,12-14,20H,5-6,8-11H2,1-3H3/t13-,14+/m0/s1. The lowest BCUT2D eigenvalue weighted by atomic mass is 10.1. The smallest absolute Gasteiger partial charge is 0.236 e. The molecule has 5 nitrogen and oxygen atoms in total. The summed E-state index contributed by atoms with van der Waals surface area (Å²) in [6.07, 6.45) is -0.299. The molecule has 1 aliphatic rings. The molecular weight excluding hydrogens is 298 g/mol. The van der Waals surface area contributed by atoms with E-state index in [1.807, 2.05) is 19.4 Å². The molecule has 2 rings (SSSR count). The van der Waals surface area contributed by atoms with Gasteiger partial charge in [-0.15, -0.1) is 0 Å². The first kappa shape index (κ1) is 17.4. The predicted octanol–water partition coefficient (Wildman–Crippen LogP) is 1.09. The van der Waals surface area contributed by atoms with Gasteiger partial charge in [0.15, 0.2) is 0 Å². The Labute approximate surface area is 137 Å². The molecule has 1 amide bonds. The van der Waals surface area contributed by atoms with Crippen molar-refractivity contribution < 1.29 is 9.90 Å². The Morgan fingerprint density at radius 2 is 2.32 bits per heavy atom. The number of thiophene rings is 1. The molecular formula is C16H27N3O2S. The van der Waals surface area contributed by atoms with Crippen LogP contribution in [0.2, 0.25) is 0 Å². The van der Waals surface area contributed by atoms with E-state index >= 15 is 0 Å². The van der Waals surface area contributed by atoms with Crippen LogP contribution in [0, 0.1) is 0 Å². The molecule has 1 aliphatic heterocycles. The second kappa shape index (κ2) is 8.06. The highest BCUT2D eigenvalue weighted by Gasteiger charge is 2.26. The van der Waals surface area contributed by atoms with Crippen LogP contribution in [-0.4, -0.2) is 77.6 Å². The highest BCUT2D eigenvalue weighted by Crippen LogP contribution is 2.12. The average molecular weight is 325 g/mol. The topological polar surface area (TPSA) is 47.0 Å². The molecule has 1 N–H and O–H groups in total. The van der Waals surface area contributed by atoms with Gasteiger partial charge in [-0.3, -0.25) is 14.6 Å². The summed E-state index contributed by atoms with van der Waals surface area (Å²) in [5, 5.41) is 13.6. The molecule has 1 aromatic heterocycles. The molecule has 6 heteroatoms. The Hall–Kier alpha value is -0.950. The van der Waals surface area contributed by atoms with E-state index in [0.29, 0.717) is 25.7 Å². The van der Waals surface area contributed by atoms with E-state index in [1.54, 1.807) is 16.2 Å². The Bertz CT molecular complexity index is 464. The van der Waals surface area contributed by atoms with Crippen molar-refractivity contribution in [2.24, 2.45) is 0 Å². The summed E-state index contributed by atoms with van der Waals surface area (Å²) in [5.74, 6) is 0.169. The zero-order chi connectivity index (χ0) is 16.1. The first-order chi connectivity index (χ1) is 10.5. The van der Waals surface area contributed by atoms with Crippen LogP contribution in [0.5, 0.6) is 0 Å². The average Bonchev–Trinajstić information content (AvgIpc) is 2.94. The summed E-state index contributed by atoms with van der Waals surface area (Å²) in [5.41, 5.74) is 1.19. The van der Waals surface area contributed by atoms with Gasteiger partial charge < -0.3 is 10.0 Å². The number of rotatable bonds is 6. The van der Waals surface area contributed by atoms with E-state index in [0.717, 1.165) is 19.6 Å². The van der Waals surface area contributed by atoms with Crippen LogP contribution in [0.3, 0.4) is 0 Å². The van der Waals surface area contributed by atoms with Crippen molar-refractivity contribution in [2.75, 3.05) is 39.8 Å². The number of likely N-dealkylation sites (N-methyl/N-ethyl adjacent to an activating group) is 1. The minimum atomic E-state index is -0.299. The number of hydrogen-bond donors (Lipinski definition) is 1. The molecule has 0 aromatic carbocycles. The number of hydrogen-bond acceptors (Lipinski definition) is 5. The van der Waals surface area contributed by atoms with Crippen LogP contribution in [0.15, 0.2) is 16.8 Å².